The Morgan fingerprint density at radius 1 is 0.475 bits per heavy atom. The number of allylic oxidation sites excluding steroid dienone is 4. The lowest BCUT2D eigenvalue weighted by Crippen LogP contribution is -2.46. The monoisotopic (exact) mass is 860 g/mol. The molecule has 0 fully saturated rings. The number of carbonyl (C=O) groups excluding carboxylic acids is 2. The molecular formula is C55H105NO5. The van der Waals surface area contributed by atoms with Crippen LogP contribution in [0.25, 0.3) is 0 Å². The third-order valence-electron chi connectivity index (χ3n) is 12.5. The van der Waals surface area contributed by atoms with Crippen molar-refractivity contribution in [1.29, 1.82) is 0 Å². The van der Waals surface area contributed by atoms with Gasteiger partial charge >= 0.3 is 5.97 Å². The highest BCUT2D eigenvalue weighted by molar-refractivity contribution is 5.77. The second-order valence-corrected chi connectivity index (χ2v) is 18.6. The van der Waals surface area contributed by atoms with Gasteiger partial charge in [-0.1, -0.05) is 244 Å². The minimum absolute atomic E-state index is 0.0777. The Hall–Kier alpha value is -1.66. The summed E-state index contributed by atoms with van der Waals surface area (Å²) in [6.45, 7) is 6.47. The maximum absolute atomic E-state index is 13.2. The van der Waals surface area contributed by atoms with Gasteiger partial charge in [0.1, 0.15) is 6.10 Å². The highest BCUT2D eigenvalue weighted by Gasteiger charge is 2.24. The Kier molecular flexibility index (Phi) is 48.0. The molecule has 0 spiro atoms. The largest absolute Gasteiger partial charge is 0.462 e. The van der Waals surface area contributed by atoms with Crippen molar-refractivity contribution in [2.24, 2.45) is 0 Å². The molecule has 0 aliphatic heterocycles. The van der Waals surface area contributed by atoms with Gasteiger partial charge in [0.15, 0.2) is 0 Å². The lowest BCUT2D eigenvalue weighted by Gasteiger charge is -2.24. The highest BCUT2D eigenvalue weighted by atomic mass is 16.5. The molecule has 3 unspecified atom stereocenters. The van der Waals surface area contributed by atoms with E-state index >= 15 is 0 Å². The average Bonchev–Trinajstić information content (AvgIpc) is 3.25. The topological polar surface area (TPSA) is 95.9 Å². The van der Waals surface area contributed by atoms with Crippen molar-refractivity contribution in [3.63, 3.8) is 0 Å². The molecule has 6 heteroatoms. The number of aliphatic hydroxyl groups is 2. The Morgan fingerprint density at radius 2 is 0.836 bits per heavy atom. The molecule has 3 N–H and O–H groups in total. The highest BCUT2D eigenvalue weighted by Crippen LogP contribution is 2.18. The number of unbranched alkanes of at least 4 members (excludes halogenated alkanes) is 33. The Morgan fingerprint density at radius 3 is 1.28 bits per heavy atom. The van der Waals surface area contributed by atoms with Crippen LogP contribution in [0.1, 0.15) is 290 Å². The summed E-state index contributed by atoms with van der Waals surface area (Å²) >= 11 is 0. The van der Waals surface area contributed by atoms with Crippen LogP contribution in [0.4, 0.5) is 0 Å². The number of carbonyl (C=O) groups is 2. The zero-order valence-electron chi connectivity index (χ0n) is 41.1. The van der Waals surface area contributed by atoms with Crippen molar-refractivity contribution in [3.05, 3.63) is 24.3 Å². The van der Waals surface area contributed by atoms with Crippen LogP contribution in [0.3, 0.4) is 0 Å². The van der Waals surface area contributed by atoms with Gasteiger partial charge < -0.3 is 20.3 Å². The molecule has 0 heterocycles. The molecule has 0 radical (unpaired) electrons. The summed E-state index contributed by atoms with van der Waals surface area (Å²) in [6, 6.07) is -0.699. The molecule has 0 aromatic rings. The van der Waals surface area contributed by atoms with Gasteiger partial charge in [0, 0.05) is 6.42 Å². The maximum atomic E-state index is 13.2. The number of hydrogen-bond acceptors (Lipinski definition) is 5. The molecule has 0 aliphatic carbocycles. The molecule has 0 aromatic heterocycles. The molecule has 0 saturated carbocycles. The third kappa shape index (κ3) is 44.7. The summed E-state index contributed by atoms with van der Waals surface area (Å²) in [5.74, 6) is -0.465. The van der Waals surface area contributed by atoms with E-state index < -0.39 is 18.2 Å². The lowest BCUT2D eigenvalue weighted by molar-refractivity contribution is -0.151. The third-order valence-corrected chi connectivity index (χ3v) is 12.5. The summed E-state index contributed by atoms with van der Waals surface area (Å²) < 4.78 is 5.95. The van der Waals surface area contributed by atoms with E-state index in [-0.39, 0.29) is 24.9 Å². The number of nitrogens with one attached hydrogen (secondary N) is 1. The van der Waals surface area contributed by atoms with Crippen molar-refractivity contribution < 1.29 is 24.5 Å². The zero-order chi connectivity index (χ0) is 44.5. The number of rotatable bonds is 49. The van der Waals surface area contributed by atoms with Gasteiger partial charge in [0.05, 0.1) is 25.2 Å². The van der Waals surface area contributed by atoms with Crippen LogP contribution < -0.4 is 5.32 Å². The molecular weight excluding hydrogens is 755 g/mol. The van der Waals surface area contributed by atoms with Gasteiger partial charge in [-0.15, -0.1) is 0 Å². The molecule has 0 saturated heterocycles. The molecule has 6 nitrogen and oxygen atoms in total. The second-order valence-electron chi connectivity index (χ2n) is 18.6. The van der Waals surface area contributed by atoms with E-state index in [1.807, 2.05) is 0 Å². The van der Waals surface area contributed by atoms with E-state index in [1.165, 1.54) is 180 Å². The van der Waals surface area contributed by atoms with Crippen LogP contribution in [0.5, 0.6) is 0 Å². The van der Waals surface area contributed by atoms with Gasteiger partial charge in [-0.05, 0) is 57.8 Å². The quantitative estimate of drug-likeness (QED) is 0.0322. The first kappa shape index (κ1) is 59.3. The van der Waals surface area contributed by atoms with Crippen LogP contribution >= 0.6 is 0 Å². The standard InChI is InChI=1S/C55H105NO5/c1-4-7-10-13-16-19-22-24-26-27-28-29-32-34-37-40-43-46-51(61-55(60)48-45-42-39-36-33-30-25-23-20-17-14-11-8-5-2)49-54(59)56-52(50-57)53(58)47-44-41-38-35-31-21-18-15-12-9-6-3/h16,19,24,26,51-53,57-58H,4-15,17-18,20-23,25,27-50H2,1-3H3,(H,56,59)/b19-16-,26-24-. The lowest BCUT2D eigenvalue weighted by atomic mass is 10.0. The van der Waals surface area contributed by atoms with E-state index in [0.29, 0.717) is 19.3 Å². The Bertz CT molecular complexity index is 966. The summed E-state index contributed by atoms with van der Waals surface area (Å²) in [5, 5.41) is 23.8. The van der Waals surface area contributed by atoms with Crippen LogP contribution in [0, 0.1) is 0 Å². The van der Waals surface area contributed by atoms with Crippen molar-refractivity contribution in [3.8, 4) is 0 Å². The molecule has 61 heavy (non-hydrogen) atoms. The van der Waals surface area contributed by atoms with Gasteiger partial charge in [-0.3, -0.25) is 9.59 Å². The molecule has 1 amide bonds. The summed E-state index contributed by atoms with van der Waals surface area (Å²) in [5.41, 5.74) is 0. The fourth-order valence-corrected chi connectivity index (χ4v) is 8.40. The van der Waals surface area contributed by atoms with Gasteiger partial charge in [0.2, 0.25) is 5.91 Å². The van der Waals surface area contributed by atoms with Gasteiger partial charge in [-0.25, -0.2) is 0 Å². The molecule has 0 rings (SSSR count). The fourth-order valence-electron chi connectivity index (χ4n) is 8.40. The molecule has 0 bridgehead atoms. The van der Waals surface area contributed by atoms with Crippen molar-refractivity contribution in [2.45, 2.75) is 309 Å². The van der Waals surface area contributed by atoms with E-state index in [9.17, 15) is 19.8 Å². The number of hydrogen-bond donors (Lipinski definition) is 3. The minimum atomic E-state index is -0.785. The van der Waals surface area contributed by atoms with Crippen molar-refractivity contribution >= 4 is 11.9 Å². The fraction of sp³-hybridized carbons (Fsp3) is 0.891. The first-order valence-electron chi connectivity index (χ1n) is 27.1. The van der Waals surface area contributed by atoms with Gasteiger partial charge in [-0.2, -0.15) is 0 Å². The van der Waals surface area contributed by atoms with Crippen LogP contribution in [0.2, 0.25) is 0 Å². The predicted octanol–water partition coefficient (Wildman–Crippen LogP) is 16.3. The molecule has 360 valence electrons. The average molecular weight is 860 g/mol. The summed E-state index contributed by atoms with van der Waals surface area (Å²) in [4.78, 5) is 26.2. The SMILES string of the molecule is CCCCC/C=C\C/C=C\CCCCCCCCCC(CC(=O)NC(CO)C(O)CCCCCCCCCCCCC)OC(=O)CCCCCCCCCCCCCCCC. The second kappa shape index (κ2) is 49.4. The number of amides is 1. The first-order valence-corrected chi connectivity index (χ1v) is 27.1. The van der Waals surface area contributed by atoms with Gasteiger partial charge in [0.25, 0.3) is 0 Å². The van der Waals surface area contributed by atoms with E-state index in [0.717, 1.165) is 64.2 Å². The Balaban J connectivity index is 4.56. The van der Waals surface area contributed by atoms with E-state index in [4.69, 9.17) is 4.74 Å². The number of aliphatic hydroxyl groups excluding tert-OH is 2. The molecule has 3 atom stereocenters. The van der Waals surface area contributed by atoms with E-state index in [1.54, 1.807) is 0 Å². The van der Waals surface area contributed by atoms with Crippen LogP contribution in [-0.4, -0.2) is 46.9 Å². The zero-order valence-corrected chi connectivity index (χ0v) is 41.1. The summed E-state index contributed by atoms with van der Waals surface area (Å²) in [7, 11) is 0. The normalized spacial score (nSPS) is 13.3. The Labute approximate surface area is 380 Å². The van der Waals surface area contributed by atoms with Crippen molar-refractivity contribution in [2.75, 3.05) is 6.61 Å². The summed E-state index contributed by atoms with van der Waals surface area (Å²) in [6.07, 6.45) is 56.6. The van der Waals surface area contributed by atoms with Crippen LogP contribution in [-0.2, 0) is 14.3 Å². The number of esters is 1. The molecule has 0 aromatic carbocycles. The number of ether oxygens (including phenoxy) is 1. The maximum Gasteiger partial charge on any atom is 0.306 e. The van der Waals surface area contributed by atoms with Crippen LogP contribution in [0.15, 0.2) is 24.3 Å². The van der Waals surface area contributed by atoms with Crippen molar-refractivity contribution in [1.82, 2.24) is 5.32 Å². The smallest absolute Gasteiger partial charge is 0.306 e. The first-order chi connectivity index (χ1) is 30.0. The van der Waals surface area contributed by atoms with E-state index in [2.05, 4.69) is 50.4 Å². The molecule has 0 aliphatic rings. The minimum Gasteiger partial charge on any atom is -0.462 e. The predicted molar refractivity (Wildman–Crippen MR) is 264 cm³/mol.